The van der Waals surface area contributed by atoms with Gasteiger partial charge in [0.2, 0.25) is 0 Å². The van der Waals surface area contributed by atoms with Gasteiger partial charge in [-0.25, -0.2) is 0 Å². The van der Waals surface area contributed by atoms with Gasteiger partial charge in [-0.05, 0) is 64.5 Å². The zero-order chi connectivity index (χ0) is 22.9. The fraction of sp³-hybridized carbons (Fsp3) is 0.409. The molecule has 9 heteroatoms. The fourth-order valence-corrected chi connectivity index (χ4v) is 4.11. The van der Waals surface area contributed by atoms with E-state index in [1.807, 2.05) is 54.2 Å². The first-order valence-corrected chi connectivity index (χ1v) is 11.3. The molecule has 3 rings (SSSR count). The van der Waals surface area contributed by atoms with Crippen LogP contribution in [0.3, 0.4) is 0 Å². The third kappa shape index (κ3) is 5.05. The highest BCUT2D eigenvalue weighted by molar-refractivity contribution is 7.80. The molecule has 0 aliphatic carbocycles. The molecule has 0 amide bonds. The van der Waals surface area contributed by atoms with E-state index in [9.17, 15) is 0 Å². The lowest BCUT2D eigenvalue weighted by Crippen LogP contribution is -2.31. The summed E-state index contributed by atoms with van der Waals surface area (Å²) in [6.45, 7) is 12.4. The first-order chi connectivity index (χ1) is 14.6. The van der Waals surface area contributed by atoms with E-state index in [2.05, 4.69) is 29.4 Å². The summed E-state index contributed by atoms with van der Waals surface area (Å²) in [4.78, 5) is 2.03. The first-order valence-electron chi connectivity index (χ1n) is 10.1. The van der Waals surface area contributed by atoms with Crippen molar-refractivity contribution < 1.29 is 0 Å². The second-order valence-electron chi connectivity index (χ2n) is 7.70. The largest absolute Gasteiger partial charge is 0.348 e. The van der Waals surface area contributed by atoms with Crippen molar-refractivity contribution >= 4 is 46.2 Å². The fourth-order valence-electron chi connectivity index (χ4n) is 3.62. The molecule has 3 aromatic rings. The summed E-state index contributed by atoms with van der Waals surface area (Å²) in [6.07, 6.45) is 0. The molecule has 166 valence electrons. The Kier molecular flexibility index (Phi) is 7.29. The second-order valence-corrected chi connectivity index (χ2v) is 8.90. The highest BCUT2D eigenvalue weighted by Gasteiger charge is 2.18. The highest BCUT2D eigenvalue weighted by atomic mass is 35.5. The lowest BCUT2D eigenvalue weighted by Gasteiger charge is -2.21. The summed E-state index contributed by atoms with van der Waals surface area (Å²) < 4.78 is 3.97. The number of hydrogen-bond acceptors (Lipinski definition) is 3. The maximum atomic E-state index is 6.16. The van der Waals surface area contributed by atoms with Gasteiger partial charge < -0.3 is 10.2 Å². The minimum Gasteiger partial charge on any atom is -0.348 e. The Morgan fingerprint density at radius 2 is 1.71 bits per heavy atom. The van der Waals surface area contributed by atoms with Crippen LogP contribution in [-0.4, -0.2) is 36.6 Å². The van der Waals surface area contributed by atoms with Crippen LogP contribution in [0.2, 0.25) is 10.0 Å². The molecule has 0 saturated heterocycles. The summed E-state index contributed by atoms with van der Waals surface area (Å²) in [5.41, 5.74) is 7.27. The van der Waals surface area contributed by atoms with E-state index < -0.39 is 0 Å². The van der Waals surface area contributed by atoms with Gasteiger partial charge in [-0.15, -0.1) is 0 Å². The van der Waals surface area contributed by atoms with Crippen molar-refractivity contribution in [3.05, 3.63) is 62.1 Å². The van der Waals surface area contributed by atoms with Crippen LogP contribution >= 0.6 is 35.4 Å². The van der Waals surface area contributed by atoms with E-state index >= 15 is 0 Å². The molecule has 0 atom stereocenters. The molecule has 0 spiro atoms. The Morgan fingerprint density at radius 1 is 1.03 bits per heavy atom. The van der Waals surface area contributed by atoms with Gasteiger partial charge in [-0.2, -0.15) is 10.2 Å². The normalized spacial score (nSPS) is 11.1. The average molecular weight is 479 g/mol. The zero-order valence-corrected chi connectivity index (χ0v) is 21.1. The van der Waals surface area contributed by atoms with Crippen LogP contribution < -0.4 is 5.32 Å². The number of thiocarbonyl (C=S) groups is 1. The average Bonchev–Trinajstić information content (AvgIpc) is 3.14. The molecule has 0 aliphatic rings. The lowest BCUT2D eigenvalue weighted by atomic mass is 10.2. The van der Waals surface area contributed by atoms with Gasteiger partial charge in [0.15, 0.2) is 5.11 Å². The maximum absolute atomic E-state index is 6.16. The standard InChI is InChI=1S/C22H28Cl2N6S/c1-7-29-15(4)18(13(2)26-29)12-28(6)22(31)25-21-14(3)27-30(16(21)5)11-17-8-9-19(23)20(24)10-17/h8-10H,7,11-12H2,1-6H3,(H,25,31). The Morgan fingerprint density at radius 3 is 2.32 bits per heavy atom. The van der Waals surface area contributed by atoms with Crippen LogP contribution in [0.25, 0.3) is 0 Å². The summed E-state index contributed by atoms with van der Waals surface area (Å²) in [5.74, 6) is 0. The van der Waals surface area contributed by atoms with E-state index in [-0.39, 0.29) is 0 Å². The second kappa shape index (κ2) is 9.59. The number of aryl methyl sites for hydroxylation is 3. The van der Waals surface area contributed by atoms with E-state index in [1.165, 1.54) is 11.3 Å². The predicted molar refractivity (Wildman–Crippen MR) is 132 cm³/mol. The van der Waals surface area contributed by atoms with Crippen molar-refractivity contribution in [1.82, 2.24) is 24.5 Å². The number of rotatable bonds is 6. The van der Waals surface area contributed by atoms with Gasteiger partial charge in [-0.1, -0.05) is 29.3 Å². The predicted octanol–water partition coefficient (Wildman–Crippen LogP) is 5.52. The van der Waals surface area contributed by atoms with Gasteiger partial charge in [0, 0.05) is 31.4 Å². The number of benzene rings is 1. The van der Waals surface area contributed by atoms with E-state index in [1.54, 1.807) is 6.07 Å². The van der Waals surface area contributed by atoms with Crippen molar-refractivity contribution in [2.45, 2.75) is 54.3 Å². The minimum absolute atomic E-state index is 0.541. The van der Waals surface area contributed by atoms with Gasteiger partial charge >= 0.3 is 0 Å². The Bertz CT molecular complexity index is 1120. The number of nitrogens with zero attached hydrogens (tertiary/aromatic N) is 5. The smallest absolute Gasteiger partial charge is 0.173 e. The molecule has 0 fully saturated rings. The van der Waals surface area contributed by atoms with Crippen LogP contribution in [0, 0.1) is 27.7 Å². The molecule has 1 aromatic carbocycles. The van der Waals surface area contributed by atoms with Gasteiger partial charge in [0.05, 0.1) is 39.4 Å². The number of halogens is 2. The molecule has 2 aromatic heterocycles. The molecular formula is C22H28Cl2N6S. The van der Waals surface area contributed by atoms with Crippen LogP contribution in [0.1, 0.15) is 40.8 Å². The van der Waals surface area contributed by atoms with Crippen LogP contribution in [-0.2, 0) is 19.6 Å². The number of nitrogens with one attached hydrogen (secondary N) is 1. The molecule has 31 heavy (non-hydrogen) atoms. The quantitative estimate of drug-likeness (QED) is 0.472. The van der Waals surface area contributed by atoms with E-state index in [4.69, 9.17) is 35.4 Å². The van der Waals surface area contributed by atoms with E-state index in [0.29, 0.717) is 28.2 Å². The van der Waals surface area contributed by atoms with E-state index in [0.717, 1.165) is 34.9 Å². The molecule has 0 saturated carbocycles. The summed E-state index contributed by atoms with van der Waals surface area (Å²) >= 11 is 17.9. The molecule has 0 bridgehead atoms. The maximum Gasteiger partial charge on any atom is 0.173 e. The Hall–Kier alpha value is -2.09. The lowest BCUT2D eigenvalue weighted by molar-refractivity contribution is 0.504. The summed E-state index contributed by atoms with van der Waals surface area (Å²) in [6, 6.07) is 5.63. The number of hydrogen-bond donors (Lipinski definition) is 1. The Balaban J connectivity index is 1.74. The van der Waals surface area contributed by atoms with Crippen LogP contribution in [0.4, 0.5) is 5.69 Å². The van der Waals surface area contributed by atoms with Crippen molar-refractivity contribution in [2.75, 3.05) is 12.4 Å². The van der Waals surface area contributed by atoms with Crippen molar-refractivity contribution in [2.24, 2.45) is 0 Å². The third-order valence-electron chi connectivity index (χ3n) is 5.50. The topological polar surface area (TPSA) is 50.9 Å². The third-order valence-corrected chi connectivity index (χ3v) is 6.66. The molecule has 6 nitrogen and oxygen atoms in total. The minimum atomic E-state index is 0.541. The monoisotopic (exact) mass is 478 g/mol. The van der Waals surface area contributed by atoms with Crippen molar-refractivity contribution in [3.63, 3.8) is 0 Å². The summed E-state index contributed by atoms with van der Waals surface area (Å²) in [5, 5.41) is 14.4. The van der Waals surface area contributed by atoms with Gasteiger partial charge in [0.1, 0.15) is 0 Å². The summed E-state index contributed by atoms with van der Waals surface area (Å²) in [7, 11) is 1.99. The van der Waals surface area contributed by atoms with Crippen LogP contribution in [0.15, 0.2) is 18.2 Å². The van der Waals surface area contributed by atoms with Crippen molar-refractivity contribution in [3.8, 4) is 0 Å². The highest BCUT2D eigenvalue weighted by Crippen LogP contribution is 2.25. The zero-order valence-electron chi connectivity index (χ0n) is 18.8. The molecule has 0 radical (unpaired) electrons. The first kappa shape index (κ1) is 23.6. The van der Waals surface area contributed by atoms with Gasteiger partial charge in [0.25, 0.3) is 0 Å². The number of aromatic nitrogens is 4. The van der Waals surface area contributed by atoms with Gasteiger partial charge in [-0.3, -0.25) is 9.36 Å². The Labute approximate surface area is 199 Å². The molecule has 2 heterocycles. The molecule has 1 N–H and O–H groups in total. The molecule has 0 aliphatic heterocycles. The molecular weight excluding hydrogens is 451 g/mol. The van der Waals surface area contributed by atoms with Crippen molar-refractivity contribution in [1.29, 1.82) is 0 Å². The SMILES string of the molecule is CCn1nc(C)c(CN(C)C(=S)Nc2c(C)nn(Cc3ccc(Cl)c(Cl)c3)c2C)c1C. The van der Waals surface area contributed by atoms with Crippen LogP contribution in [0.5, 0.6) is 0 Å². The number of anilines is 1. The molecule has 0 unspecified atom stereocenters.